The molecule has 0 aromatic carbocycles. The fourth-order valence-corrected chi connectivity index (χ4v) is 2.31. The van der Waals surface area contributed by atoms with Crippen molar-refractivity contribution < 1.29 is 24.1 Å². The van der Waals surface area contributed by atoms with Gasteiger partial charge in [-0.05, 0) is 19.4 Å². The number of aliphatic hydroxyl groups excluding tert-OH is 2. The van der Waals surface area contributed by atoms with E-state index in [2.05, 4.69) is 19.2 Å². The SMILES string of the molecule is CNC(CC(C)C)C(O[SiH3])(OCCO)OCCO. The first-order valence-electron chi connectivity index (χ1n) is 6.28. The molecule has 0 saturated carbocycles. The monoisotopic (exact) mass is 281 g/mol. The number of aliphatic hydroxyl groups is 2. The van der Waals surface area contributed by atoms with E-state index >= 15 is 0 Å². The fraction of sp³-hybridized carbons (Fsp3) is 1.00. The van der Waals surface area contributed by atoms with Gasteiger partial charge in [0, 0.05) is 0 Å². The molecular weight excluding hydrogens is 254 g/mol. The smallest absolute Gasteiger partial charge is 0.289 e. The van der Waals surface area contributed by atoms with Crippen LogP contribution >= 0.6 is 0 Å². The summed E-state index contributed by atoms with van der Waals surface area (Å²) in [5, 5.41) is 20.9. The molecule has 0 fully saturated rings. The standard InChI is InChI=1S/C11H27NO5Si/c1-9(2)8-10(12-3)11(17-18,15-6-4-13)16-7-5-14/h9-10,12-14H,4-8H2,1-3,18H3. The zero-order valence-corrected chi connectivity index (χ0v) is 13.8. The summed E-state index contributed by atoms with van der Waals surface area (Å²) in [6.45, 7) is 4.25. The summed E-state index contributed by atoms with van der Waals surface area (Å²) >= 11 is 0. The molecule has 0 aromatic heterocycles. The van der Waals surface area contributed by atoms with E-state index in [0.717, 1.165) is 6.42 Å². The first-order valence-corrected chi connectivity index (χ1v) is 7.10. The maximum atomic E-state index is 8.89. The van der Waals surface area contributed by atoms with E-state index in [0.29, 0.717) is 16.4 Å². The van der Waals surface area contributed by atoms with Crippen molar-refractivity contribution in [2.24, 2.45) is 5.92 Å². The second-order valence-corrected chi connectivity index (χ2v) is 4.83. The molecule has 7 heteroatoms. The molecule has 0 aliphatic carbocycles. The molecular formula is C11H27NO5Si. The lowest BCUT2D eigenvalue weighted by Gasteiger charge is -2.39. The minimum absolute atomic E-state index is 0.104. The Bertz CT molecular complexity index is 198. The van der Waals surface area contributed by atoms with E-state index < -0.39 is 5.97 Å². The maximum Gasteiger partial charge on any atom is 0.289 e. The van der Waals surface area contributed by atoms with Gasteiger partial charge in [-0.25, -0.2) is 0 Å². The molecule has 0 radical (unpaired) electrons. The minimum atomic E-state index is -1.23. The van der Waals surface area contributed by atoms with Crippen LogP contribution in [0, 0.1) is 5.92 Å². The highest BCUT2D eigenvalue weighted by molar-refractivity contribution is 5.98. The summed E-state index contributed by atoms with van der Waals surface area (Å²) in [4.78, 5) is 0. The Hall–Kier alpha value is -0.0231. The van der Waals surface area contributed by atoms with Crippen molar-refractivity contribution in [3.05, 3.63) is 0 Å². The van der Waals surface area contributed by atoms with Crippen LogP contribution in [0.2, 0.25) is 0 Å². The zero-order valence-electron chi connectivity index (χ0n) is 11.8. The van der Waals surface area contributed by atoms with Crippen molar-refractivity contribution in [2.45, 2.75) is 32.3 Å². The molecule has 18 heavy (non-hydrogen) atoms. The van der Waals surface area contributed by atoms with Gasteiger partial charge in [-0.2, -0.15) is 0 Å². The van der Waals surface area contributed by atoms with Gasteiger partial charge in [0.05, 0.1) is 32.5 Å². The van der Waals surface area contributed by atoms with E-state index in [1.165, 1.54) is 0 Å². The lowest BCUT2D eigenvalue weighted by molar-refractivity contribution is -0.361. The number of hydrogen-bond donors (Lipinski definition) is 3. The lowest BCUT2D eigenvalue weighted by Crippen LogP contribution is -2.56. The minimum Gasteiger partial charge on any atom is -0.394 e. The summed E-state index contributed by atoms with van der Waals surface area (Å²) in [6, 6.07) is -0.159. The topological polar surface area (TPSA) is 80.2 Å². The molecule has 0 spiro atoms. The van der Waals surface area contributed by atoms with E-state index in [9.17, 15) is 0 Å². The lowest BCUT2D eigenvalue weighted by atomic mass is 10.0. The van der Waals surface area contributed by atoms with Crippen LogP contribution in [-0.2, 0) is 13.9 Å². The summed E-state index contributed by atoms with van der Waals surface area (Å²) in [5.41, 5.74) is 0. The van der Waals surface area contributed by atoms with E-state index in [-0.39, 0.29) is 32.5 Å². The number of likely N-dealkylation sites (N-methyl/N-ethyl adjacent to an activating group) is 1. The van der Waals surface area contributed by atoms with Crippen LogP contribution in [0.1, 0.15) is 20.3 Å². The predicted octanol–water partition coefficient (Wildman–Crippen LogP) is -1.41. The van der Waals surface area contributed by atoms with Crippen molar-refractivity contribution in [3.63, 3.8) is 0 Å². The van der Waals surface area contributed by atoms with Gasteiger partial charge in [-0.3, -0.25) is 0 Å². The quantitative estimate of drug-likeness (QED) is 0.319. The van der Waals surface area contributed by atoms with Crippen LogP contribution in [0.4, 0.5) is 0 Å². The average Bonchev–Trinajstić information content (AvgIpc) is 2.37. The van der Waals surface area contributed by atoms with Crippen molar-refractivity contribution in [1.29, 1.82) is 0 Å². The largest absolute Gasteiger partial charge is 0.394 e. The number of nitrogens with one attached hydrogen (secondary N) is 1. The Labute approximate surface area is 112 Å². The molecule has 0 saturated heterocycles. The van der Waals surface area contributed by atoms with E-state index in [1.807, 2.05) is 7.05 Å². The highest BCUT2D eigenvalue weighted by atomic mass is 28.2. The highest BCUT2D eigenvalue weighted by Gasteiger charge is 2.40. The van der Waals surface area contributed by atoms with Gasteiger partial charge in [0.2, 0.25) is 0 Å². The number of ether oxygens (including phenoxy) is 2. The third kappa shape index (κ3) is 5.74. The molecule has 1 atom stereocenters. The molecule has 3 N–H and O–H groups in total. The Morgan fingerprint density at radius 3 is 1.94 bits per heavy atom. The summed E-state index contributed by atoms with van der Waals surface area (Å²) in [6.07, 6.45) is 0.801. The van der Waals surface area contributed by atoms with Gasteiger partial charge in [-0.1, -0.05) is 13.8 Å². The van der Waals surface area contributed by atoms with Gasteiger partial charge in [0.1, 0.15) is 0 Å². The Morgan fingerprint density at radius 1 is 1.17 bits per heavy atom. The van der Waals surface area contributed by atoms with Crippen LogP contribution in [0.5, 0.6) is 0 Å². The van der Waals surface area contributed by atoms with Crippen LogP contribution in [0.25, 0.3) is 0 Å². The Balaban J connectivity index is 4.84. The average molecular weight is 281 g/mol. The van der Waals surface area contributed by atoms with Crippen LogP contribution in [0.15, 0.2) is 0 Å². The van der Waals surface area contributed by atoms with Crippen molar-refractivity contribution in [3.8, 4) is 0 Å². The number of rotatable bonds is 11. The third-order valence-corrected chi connectivity index (χ3v) is 3.12. The molecule has 0 aliphatic heterocycles. The van der Waals surface area contributed by atoms with Crippen molar-refractivity contribution >= 4 is 10.5 Å². The summed E-state index contributed by atoms with van der Waals surface area (Å²) in [5.74, 6) is -0.787. The second kappa shape index (κ2) is 9.85. The van der Waals surface area contributed by atoms with Gasteiger partial charge in [-0.15, -0.1) is 0 Å². The molecule has 110 valence electrons. The first-order chi connectivity index (χ1) is 8.56. The van der Waals surface area contributed by atoms with Crippen LogP contribution in [0.3, 0.4) is 0 Å². The van der Waals surface area contributed by atoms with Crippen LogP contribution in [-0.4, -0.2) is 66.2 Å². The molecule has 0 amide bonds. The summed E-state index contributed by atoms with van der Waals surface area (Å²) < 4.78 is 16.6. The Morgan fingerprint density at radius 2 is 1.67 bits per heavy atom. The van der Waals surface area contributed by atoms with Crippen LogP contribution < -0.4 is 5.32 Å². The molecule has 0 aromatic rings. The fourth-order valence-electron chi connectivity index (χ4n) is 1.79. The molecule has 0 aliphatic rings. The van der Waals surface area contributed by atoms with Gasteiger partial charge >= 0.3 is 0 Å². The highest BCUT2D eigenvalue weighted by Crippen LogP contribution is 2.24. The summed E-state index contributed by atoms with van der Waals surface area (Å²) in [7, 11) is 2.24. The second-order valence-electron chi connectivity index (χ2n) is 4.42. The van der Waals surface area contributed by atoms with Crippen molar-refractivity contribution in [1.82, 2.24) is 5.32 Å². The first kappa shape index (κ1) is 18.0. The van der Waals surface area contributed by atoms with E-state index in [1.54, 1.807) is 0 Å². The molecule has 1 unspecified atom stereocenters. The molecule has 6 nitrogen and oxygen atoms in total. The zero-order chi connectivity index (χ0) is 14.0. The normalized spacial score (nSPS) is 14.3. The number of hydrogen-bond acceptors (Lipinski definition) is 6. The molecule has 0 rings (SSSR count). The van der Waals surface area contributed by atoms with Gasteiger partial charge in [0.25, 0.3) is 5.97 Å². The van der Waals surface area contributed by atoms with E-state index in [4.69, 9.17) is 24.1 Å². The third-order valence-electron chi connectivity index (χ3n) is 2.56. The van der Waals surface area contributed by atoms with Gasteiger partial charge < -0.3 is 29.4 Å². The van der Waals surface area contributed by atoms with Crippen molar-refractivity contribution in [2.75, 3.05) is 33.5 Å². The molecule has 0 heterocycles. The maximum absolute atomic E-state index is 8.89. The van der Waals surface area contributed by atoms with Gasteiger partial charge in [0.15, 0.2) is 10.5 Å². The Kier molecular flexibility index (Phi) is 9.84. The molecule has 0 bridgehead atoms. The predicted molar refractivity (Wildman–Crippen MR) is 72.1 cm³/mol.